The first kappa shape index (κ1) is 14.2. The number of piperidine rings is 1. The number of rotatable bonds is 6. The van der Waals surface area contributed by atoms with Gasteiger partial charge in [0.2, 0.25) is 5.91 Å². The fraction of sp³-hybridized carbons (Fsp3) is 0.571. The molecule has 1 amide bonds. The van der Waals surface area contributed by atoms with Crippen LogP contribution in [0.5, 0.6) is 0 Å². The molecule has 1 saturated heterocycles. The van der Waals surface area contributed by atoms with E-state index in [1.54, 1.807) is 11.3 Å². The highest BCUT2D eigenvalue weighted by atomic mass is 32.1. The molecule has 0 aliphatic carbocycles. The molecule has 4 nitrogen and oxygen atoms in total. The Labute approximate surface area is 117 Å². The zero-order valence-corrected chi connectivity index (χ0v) is 11.8. The van der Waals surface area contributed by atoms with E-state index < -0.39 is 0 Å². The van der Waals surface area contributed by atoms with Gasteiger partial charge in [0.25, 0.3) is 0 Å². The van der Waals surface area contributed by atoms with Crippen molar-refractivity contribution in [3.63, 3.8) is 0 Å². The lowest BCUT2D eigenvalue weighted by molar-refractivity contribution is -0.122. The number of carbonyl (C=O) groups is 2. The van der Waals surface area contributed by atoms with E-state index in [1.807, 2.05) is 11.4 Å². The lowest BCUT2D eigenvalue weighted by Crippen LogP contribution is -2.42. The van der Waals surface area contributed by atoms with E-state index in [4.69, 9.17) is 0 Å². The summed E-state index contributed by atoms with van der Waals surface area (Å²) in [5.74, 6) is 0.277. The number of hydrogen-bond acceptors (Lipinski definition) is 4. The topological polar surface area (TPSA) is 49.4 Å². The first-order chi connectivity index (χ1) is 9.28. The second kappa shape index (κ2) is 7.40. The second-order valence-electron chi connectivity index (χ2n) is 4.93. The molecule has 0 unspecified atom stereocenters. The van der Waals surface area contributed by atoms with Crippen molar-refractivity contribution in [1.82, 2.24) is 10.2 Å². The summed E-state index contributed by atoms with van der Waals surface area (Å²) >= 11 is 1.72. The molecule has 2 heterocycles. The number of aldehydes is 1. The van der Waals surface area contributed by atoms with Gasteiger partial charge < -0.3 is 10.1 Å². The van der Waals surface area contributed by atoms with E-state index in [0.29, 0.717) is 13.1 Å². The first-order valence-corrected chi connectivity index (χ1v) is 7.62. The highest BCUT2D eigenvalue weighted by Crippen LogP contribution is 2.14. The van der Waals surface area contributed by atoms with Gasteiger partial charge in [-0.1, -0.05) is 6.07 Å². The molecule has 0 aromatic carbocycles. The lowest BCUT2D eigenvalue weighted by Gasteiger charge is -2.28. The smallest absolute Gasteiger partial charge is 0.234 e. The van der Waals surface area contributed by atoms with Gasteiger partial charge in [0, 0.05) is 17.3 Å². The summed E-state index contributed by atoms with van der Waals surface area (Å²) in [5.41, 5.74) is 0. The molecule has 0 radical (unpaired) electrons. The van der Waals surface area contributed by atoms with Crippen molar-refractivity contribution in [2.24, 2.45) is 5.92 Å². The maximum atomic E-state index is 11.8. The number of thiophene rings is 1. The Morgan fingerprint density at radius 3 is 2.89 bits per heavy atom. The molecule has 19 heavy (non-hydrogen) atoms. The third-order valence-electron chi connectivity index (χ3n) is 3.47. The lowest BCUT2D eigenvalue weighted by atomic mass is 9.99. The fourth-order valence-corrected chi connectivity index (χ4v) is 3.00. The molecule has 104 valence electrons. The van der Waals surface area contributed by atoms with Crippen LogP contribution in [0.4, 0.5) is 0 Å². The molecule has 1 N–H and O–H groups in total. The Kier molecular flexibility index (Phi) is 5.54. The number of hydrogen-bond donors (Lipinski definition) is 1. The molecule has 0 spiro atoms. The predicted molar refractivity (Wildman–Crippen MR) is 76.3 cm³/mol. The van der Waals surface area contributed by atoms with Crippen molar-refractivity contribution in [3.8, 4) is 0 Å². The summed E-state index contributed by atoms with van der Waals surface area (Å²) in [6.45, 7) is 2.85. The normalized spacial score (nSPS) is 17.3. The SMILES string of the molecule is O=CC1CCN(CC(=O)NCCc2cccs2)CC1. The van der Waals surface area contributed by atoms with Crippen LogP contribution in [0.2, 0.25) is 0 Å². The van der Waals surface area contributed by atoms with Crippen LogP contribution in [-0.2, 0) is 16.0 Å². The molecule has 0 bridgehead atoms. The van der Waals surface area contributed by atoms with Crippen LogP contribution in [0.25, 0.3) is 0 Å². The highest BCUT2D eigenvalue weighted by Gasteiger charge is 2.19. The summed E-state index contributed by atoms with van der Waals surface area (Å²) in [7, 11) is 0. The molecule has 1 aromatic rings. The van der Waals surface area contributed by atoms with Crippen LogP contribution in [-0.4, -0.2) is 43.3 Å². The molecule has 1 aliphatic rings. The maximum absolute atomic E-state index is 11.8. The van der Waals surface area contributed by atoms with Gasteiger partial charge in [-0.15, -0.1) is 11.3 Å². The monoisotopic (exact) mass is 280 g/mol. The van der Waals surface area contributed by atoms with E-state index in [0.717, 1.165) is 38.6 Å². The van der Waals surface area contributed by atoms with Crippen LogP contribution in [0.1, 0.15) is 17.7 Å². The highest BCUT2D eigenvalue weighted by molar-refractivity contribution is 7.09. The maximum Gasteiger partial charge on any atom is 0.234 e. The van der Waals surface area contributed by atoms with E-state index in [1.165, 1.54) is 4.88 Å². The zero-order chi connectivity index (χ0) is 13.5. The molecule has 2 rings (SSSR count). The average Bonchev–Trinajstić information content (AvgIpc) is 2.93. The quantitative estimate of drug-likeness (QED) is 0.800. The van der Waals surface area contributed by atoms with Gasteiger partial charge in [-0.05, 0) is 43.8 Å². The van der Waals surface area contributed by atoms with E-state index >= 15 is 0 Å². The predicted octanol–water partition coefficient (Wildman–Crippen LogP) is 1.32. The number of nitrogens with one attached hydrogen (secondary N) is 1. The molecule has 0 atom stereocenters. The van der Waals surface area contributed by atoms with Gasteiger partial charge in [-0.3, -0.25) is 9.69 Å². The van der Waals surface area contributed by atoms with E-state index in [9.17, 15) is 9.59 Å². The van der Waals surface area contributed by atoms with Crippen LogP contribution in [0, 0.1) is 5.92 Å². The van der Waals surface area contributed by atoms with Gasteiger partial charge in [0.1, 0.15) is 6.29 Å². The summed E-state index contributed by atoms with van der Waals surface area (Å²) in [6.07, 6.45) is 3.70. The minimum atomic E-state index is 0.0844. The molecule has 1 aliphatic heterocycles. The number of amides is 1. The molecule has 5 heteroatoms. The Hall–Kier alpha value is -1.20. The van der Waals surface area contributed by atoms with Crippen molar-refractivity contribution in [2.45, 2.75) is 19.3 Å². The van der Waals surface area contributed by atoms with Gasteiger partial charge in [0.15, 0.2) is 0 Å². The summed E-state index contributed by atoms with van der Waals surface area (Å²) < 4.78 is 0. The Balaban J connectivity index is 1.60. The van der Waals surface area contributed by atoms with Crippen molar-refractivity contribution in [1.29, 1.82) is 0 Å². The third-order valence-corrected chi connectivity index (χ3v) is 4.40. The van der Waals surface area contributed by atoms with Crippen LogP contribution >= 0.6 is 11.3 Å². The summed E-state index contributed by atoms with van der Waals surface area (Å²) in [4.78, 5) is 25.8. The Morgan fingerprint density at radius 2 is 2.26 bits per heavy atom. The van der Waals surface area contributed by atoms with E-state index in [2.05, 4.69) is 16.3 Å². The number of nitrogens with zero attached hydrogens (tertiary/aromatic N) is 1. The fourth-order valence-electron chi connectivity index (χ4n) is 2.29. The average molecular weight is 280 g/mol. The standard InChI is InChI=1S/C14H20N2O2S/c17-11-12-4-7-16(8-5-12)10-14(18)15-6-3-13-2-1-9-19-13/h1-2,9,11-12H,3-8,10H2,(H,15,18). The number of likely N-dealkylation sites (tertiary alicyclic amines) is 1. The third kappa shape index (κ3) is 4.76. The largest absolute Gasteiger partial charge is 0.355 e. The zero-order valence-electron chi connectivity index (χ0n) is 11.0. The number of carbonyl (C=O) groups excluding carboxylic acids is 2. The second-order valence-corrected chi connectivity index (χ2v) is 5.96. The van der Waals surface area contributed by atoms with Gasteiger partial charge >= 0.3 is 0 Å². The van der Waals surface area contributed by atoms with Gasteiger partial charge in [-0.25, -0.2) is 0 Å². The minimum Gasteiger partial charge on any atom is -0.355 e. The van der Waals surface area contributed by atoms with Crippen molar-refractivity contribution >= 4 is 23.5 Å². The van der Waals surface area contributed by atoms with Crippen LogP contribution in [0.15, 0.2) is 17.5 Å². The Bertz CT molecular complexity index is 398. The van der Waals surface area contributed by atoms with Gasteiger partial charge in [0.05, 0.1) is 6.54 Å². The van der Waals surface area contributed by atoms with Crippen molar-refractivity contribution < 1.29 is 9.59 Å². The van der Waals surface area contributed by atoms with E-state index in [-0.39, 0.29) is 11.8 Å². The van der Waals surface area contributed by atoms with Crippen molar-refractivity contribution in [3.05, 3.63) is 22.4 Å². The Morgan fingerprint density at radius 1 is 1.47 bits per heavy atom. The van der Waals surface area contributed by atoms with Crippen LogP contribution < -0.4 is 5.32 Å². The molecular weight excluding hydrogens is 260 g/mol. The molecule has 0 saturated carbocycles. The summed E-state index contributed by atoms with van der Waals surface area (Å²) in [5, 5.41) is 5.00. The van der Waals surface area contributed by atoms with Crippen molar-refractivity contribution in [2.75, 3.05) is 26.2 Å². The minimum absolute atomic E-state index is 0.0844. The molecular formula is C14H20N2O2S. The summed E-state index contributed by atoms with van der Waals surface area (Å²) in [6, 6.07) is 4.11. The molecule has 1 fully saturated rings. The van der Waals surface area contributed by atoms with Gasteiger partial charge in [-0.2, -0.15) is 0 Å². The van der Waals surface area contributed by atoms with Crippen LogP contribution in [0.3, 0.4) is 0 Å². The molecule has 1 aromatic heterocycles. The first-order valence-electron chi connectivity index (χ1n) is 6.74.